The number of rotatable bonds is 4. The number of fused-ring (bicyclic) bond motifs is 1. The van der Waals surface area contributed by atoms with Gasteiger partial charge in [-0.1, -0.05) is 17.7 Å². The van der Waals surface area contributed by atoms with E-state index in [9.17, 15) is 0 Å². The summed E-state index contributed by atoms with van der Waals surface area (Å²) < 4.78 is 0. The van der Waals surface area contributed by atoms with Crippen LogP contribution in [-0.2, 0) is 0 Å². The zero-order valence-corrected chi connectivity index (χ0v) is 12.2. The van der Waals surface area contributed by atoms with E-state index >= 15 is 0 Å². The van der Waals surface area contributed by atoms with Gasteiger partial charge in [-0.2, -0.15) is 0 Å². The molecular weight excluding hydrogens is 246 g/mol. The molecule has 3 rings (SSSR count). The number of anilines is 1. The molecule has 1 aliphatic rings. The first-order valence-electron chi connectivity index (χ1n) is 7.63. The highest BCUT2D eigenvalue weighted by molar-refractivity contribution is 5.92. The van der Waals surface area contributed by atoms with Gasteiger partial charge in [0.1, 0.15) is 5.82 Å². The molecule has 3 nitrogen and oxygen atoms in total. The number of pyridine rings is 1. The molecule has 20 heavy (non-hydrogen) atoms. The van der Waals surface area contributed by atoms with E-state index in [1.54, 1.807) is 0 Å². The van der Waals surface area contributed by atoms with Gasteiger partial charge in [-0.05, 0) is 62.7 Å². The SMILES string of the molecule is Cc1ccc2ccnc(NCCC3CCNCC3)c2c1. The van der Waals surface area contributed by atoms with Crippen LogP contribution in [0.3, 0.4) is 0 Å². The molecule has 0 radical (unpaired) electrons. The highest BCUT2D eigenvalue weighted by Crippen LogP contribution is 2.23. The Kier molecular flexibility index (Phi) is 4.16. The van der Waals surface area contributed by atoms with Crippen LogP contribution in [-0.4, -0.2) is 24.6 Å². The second-order valence-electron chi connectivity index (χ2n) is 5.79. The highest BCUT2D eigenvalue weighted by atomic mass is 15.0. The predicted molar refractivity (Wildman–Crippen MR) is 85.2 cm³/mol. The number of nitrogens with zero attached hydrogens (tertiary/aromatic N) is 1. The number of hydrogen-bond donors (Lipinski definition) is 2. The smallest absolute Gasteiger partial charge is 0.133 e. The van der Waals surface area contributed by atoms with Crippen molar-refractivity contribution in [1.29, 1.82) is 0 Å². The van der Waals surface area contributed by atoms with Crippen molar-refractivity contribution >= 4 is 16.6 Å². The molecule has 0 atom stereocenters. The maximum Gasteiger partial charge on any atom is 0.133 e. The van der Waals surface area contributed by atoms with Crippen LogP contribution in [0.4, 0.5) is 5.82 Å². The number of hydrogen-bond acceptors (Lipinski definition) is 3. The normalized spacial score (nSPS) is 16.4. The molecule has 1 aromatic heterocycles. The number of aromatic nitrogens is 1. The molecule has 0 saturated carbocycles. The lowest BCUT2D eigenvalue weighted by molar-refractivity contribution is 0.361. The van der Waals surface area contributed by atoms with Gasteiger partial charge in [0, 0.05) is 18.1 Å². The molecule has 0 unspecified atom stereocenters. The lowest BCUT2D eigenvalue weighted by Gasteiger charge is -2.22. The van der Waals surface area contributed by atoms with Crippen LogP contribution in [0.15, 0.2) is 30.5 Å². The van der Waals surface area contributed by atoms with E-state index in [0.29, 0.717) is 0 Å². The van der Waals surface area contributed by atoms with Gasteiger partial charge >= 0.3 is 0 Å². The Morgan fingerprint density at radius 2 is 2.10 bits per heavy atom. The van der Waals surface area contributed by atoms with E-state index in [2.05, 4.69) is 46.8 Å². The molecule has 2 N–H and O–H groups in total. The second kappa shape index (κ2) is 6.23. The molecule has 0 bridgehead atoms. The van der Waals surface area contributed by atoms with E-state index in [1.165, 1.54) is 48.7 Å². The van der Waals surface area contributed by atoms with Gasteiger partial charge in [-0.25, -0.2) is 4.98 Å². The van der Waals surface area contributed by atoms with E-state index in [-0.39, 0.29) is 0 Å². The fourth-order valence-corrected chi connectivity index (χ4v) is 2.99. The Morgan fingerprint density at radius 1 is 1.25 bits per heavy atom. The Hall–Kier alpha value is -1.61. The standard InChI is InChI=1S/C17H23N3/c1-13-2-3-15-7-11-20-17(16(15)12-13)19-10-6-14-4-8-18-9-5-14/h2-3,7,11-12,14,18H,4-6,8-10H2,1H3,(H,19,20). The van der Waals surface area contributed by atoms with Crippen LogP contribution in [0.5, 0.6) is 0 Å². The zero-order valence-electron chi connectivity index (χ0n) is 12.2. The van der Waals surface area contributed by atoms with E-state index in [1.807, 2.05) is 6.20 Å². The third kappa shape index (κ3) is 3.10. The van der Waals surface area contributed by atoms with Crippen LogP contribution in [0.2, 0.25) is 0 Å². The van der Waals surface area contributed by atoms with Crippen molar-refractivity contribution in [3.63, 3.8) is 0 Å². The monoisotopic (exact) mass is 269 g/mol. The van der Waals surface area contributed by atoms with Gasteiger partial charge < -0.3 is 10.6 Å². The summed E-state index contributed by atoms with van der Waals surface area (Å²) in [5.74, 6) is 1.89. The molecule has 1 aromatic carbocycles. The highest BCUT2D eigenvalue weighted by Gasteiger charge is 2.12. The van der Waals surface area contributed by atoms with Gasteiger partial charge in [0.15, 0.2) is 0 Å². The van der Waals surface area contributed by atoms with Crippen molar-refractivity contribution in [2.45, 2.75) is 26.2 Å². The van der Waals surface area contributed by atoms with Gasteiger partial charge in [0.2, 0.25) is 0 Å². The van der Waals surface area contributed by atoms with Crippen molar-refractivity contribution in [1.82, 2.24) is 10.3 Å². The number of piperidine rings is 1. The van der Waals surface area contributed by atoms with Crippen molar-refractivity contribution in [2.24, 2.45) is 5.92 Å². The van der Waals surface area contributed by atoms with Crippen LogP contribution in [0.1, 0.15) is 24.8 Å². The third-order valence-corrected chi connectivity index (χ3v) is 4.23. The van der Waals surface area contributed by atoms with E-state index in [0.717, 1.165) is 18.3 Å². The van der Waals surface area contributed by atoms with Crippen LogP contribution in [0.25, 0.3) is 10.8 Å². The van der Waals surface area contributed by atoms with Gasteiger partial charge in [-0.3, -0.25) is 0 Å². The minimum absolute atomic E-state index is 0.862. The van der Waals surface area contributed by atoms with Crippen molar-refractivity contribution in [2.75, 3.05) is 25.0 Å². The molecule has 1 saturated heterocycles. The fraction of sp³-hybridized carbons (Fsp3) is 0.471. The second-order valence-corrected chi connectivity index (χ2v) is 5.79. The van der Waals surface area contributed by atoms with Crippen LogP contribution >= 0.6 is 0 Å². The minimum atomic E-state index is 0.862. The number of aryl methyl sites for hydroxylation is 1. The van der Waals surface area contributed by atoms with Gasteiger partial charge in [0.05, 0.1) is 0 Å². The Balaban J connectivity index is 1.66. The van der Waals surface area contributed by atoms with Crippen molar-refractivity contribution in [3.05, 3.63) is 36.0 Å². The number of benzene rings is 1. The summed E-state index contributed by atoms with van der Waals surface area (Å²) in [6.45, 7) is 5.50. The lowest BCUT2D eigenvalue weighted by Crippen LogP contribution is -2.28. The lowest BCUT2D eigenvalue weighted by atomic mass is 9.95. The first-order valence-corrected chi connectivity index (χ1v) is 7.63. The van der Waals surface area contributed by atoms with Gasteiger partial charge in [0.25, 0.3) is 0 Å². The molecule has 106 valence electrons. The van der Waals surface area contributed by atoms with Crippen molar-refractivity contribution < 1.29 is 0 Å². The Morgan fingerprint density at radius 3 is 2.95 bits per heavy atom. The van der Waals surface area contributed by atoms with E-state index < -0.39 is 0 Å². The quantitative estimate of drug-likeness (QED) is 0.894. The van der Waals surface area contributed by atoms with Crippen LogP contribution < -0.4 is 10.6 Å². The minimum Gasteiger partial charge on any atom is -0.370 e. The summed E-state index contributed by atoms with van der Waals surface area (Å²) in [5.41, 5.74) is 1.28. The maximum absolute atomic E-state index is 4.51. The summed E-state index contributed by atoms with van der Waals surface area (Å²) in [7, 11) is 0. The summed E-state index contributed by atoms with van der Waals surface area (Å²) in [6.07, 6.45) is 5.75. The van der Waals surface area contributed by atoms with Crippen LogP contribution in [0, 0.1) is 12.8 Å². The Labute approximate surface area is 120 Å². The molecule has 1 fully saturated rings. The summed E-state index contributed by atoms with van der Waals surface area (Å²) >= 11 is 0. The first-order chi connectivity index (χ1) is 9.83. The summed E-state index contributed by atoms with van der Waals surface area (Å²) in [6, 6.07) is 8.62. The molecule has 0 amide bonds. The molecule has 3 heteroatoms. The first kappa shape index (κ1) is 13.4. The molecule has 0 spiro atoms. The fourth-order valence-electron chi connectivity index (χ4n) is 2.99. The number of nitrogens with one attached hydrogen (secondary N) is 2. The molecule has 1 aliphatic heterocycles. The average Bonchev–Trinajstić information content (AvgIpc) is 2.49. The largest absolute Gasteiger partial charge is 0.370 e. The molecule has 0 aliphatic carbocycles. The Bertz CT molecular complexity index is 573. The topological polar surface area (TPSA) is 37.0 Å². The van der Waals surface area contributed by atoms with Gasteiger partial charge in [-0.15, -0.1) is 0 Å². The van der Waals surface area contributed by atoms with Crippen molar-refractivity contribution in [3.8, 4) is 0 Å². The summed E-state index contributed by atoms with van der Waals surface area (Å²) in [4.78, 5) is 4.51. The molecule has 2 aromatic rings. The summed E-state index contributed by atoms with van der Waals surface area (Å²) in [5, 5.41) is 9.44. The zero-order chi connectivity index (χ0) is 13.8. The predicted octanol–water partition coefficient (Wildman–Crippen LogP) is 3.34. The average molecular weight is 269 g/mol. The molecular formula is C17H23N3. The van der Waals surface area contributed by atoms with E-state index in [4.69, 9.17) is 0 Å². The molecule has 2 heterocycles. The maximum atomic E-state index is 4.51. The third-order valence-electron chi connectivity index (χ3n) is 4.23.